The van der Waals surface area contributed by atoms with Crippen LogP contribution in [-0.2, 0) is 61.1 Å². The number of aromatic nitrogens is 2. The van der Waals surface area contributed by atoms with E-state index in [0.717, 1.165) is 70.6 Å². The van der Waals surface area contributed by atoms with Crippen LogP contribution < -0.4 is 15.4 Å². The van der Waals surface area contributed by atoms with Crippen molar-refractivity contribution in [2.24, 2.45) is 20.5 Å². The van der Waals surface area contributed by atoms with Crippen molar-refractivity contribution >= 4 is 155 Å². The van der Waals surface area contributed by atoms with Crippen LogP contribution in [0.4, 0.5) is 50.2 Å². The van der Waals surface area contributed by atoms with E-state index in [1.165, 1.54) is 48.5 Å². The number of anilines is 5. The molecule has 10 aromatic rings. The molecule has 438 valence electrons. The summed E-state index contributed by atoms with van der Waals surface area (Å²) in [5.41, 5.74) is 1.68. The molecule has 0 atom stereocenters. The van der Waals surface area contributed by atoms with Gasteiger partial charge in [0, 0.05) is 33.3 Å². The zero-order chi connectivity index (χ0) is 62.1. The minimum Gasteiger partial charge on any atom is -0.339 e. The minimum absolute atomic E-state index is 0.00326. The van der Waals surface area contributed by atoms with Gasteiger partial charge in [0.05, 0.1) is 31.6 Å². The van der Waals surface area contributed by atoms with E-state index in [1.807, 2.05) is 42.5 Å². The molecule has 86 heavy (non-hydrogen) atoms. The normalized spacial score (nSPS) is 12.3. The Labute approximate surface area is 493 Å². The van der Waals surface area contributed by atoms with E-state index < -0.39 is 76.6 Å². The Balaban J connectivity index is 0.00000214. The number of sulfonamides is 1. The van der Waals surface area contributed by atoms with Gasteiger partial charge in [0.15, 0.2) is 16.6 Å². The third kappa shape index (κ3) is 14.1. The Kier molecular flexibility index (Phi) is 17.0. The maximum atomic E-state index is 13.8. The standard InChI is InChI=1S/C52H36N10O14S6.O3S/c1-29-44(28-53)49(54-35-14-19-39(20-15-35)79(65,66)67)57-50(55-36-16-21-40(22-17-36)80(68,69)70)47(29)59-61-52-56-48(34-10-9-30-5-2-3-6-31(30)23-34)51(77-52)60-58-37-13-11-33-25-41(18-12-32(33)24-37)78(63,64)62-38-26-43-42(46(27-38)82(74,75)76)7-4-8-45(43)81(71,72)73;1-4(2)3/h2-27,62H,1H3,(H2,54,55,57)(H,65,66,67)(H,68,69,70)(H,71,72,73)(H,74,75,76);. The molecule has 2 heterocycles. The lowest BCUT2D eigenvalue weighted by Gasteiger charge is -2.16. The third-order valence-corrected chi connectivity index (χ3v) is 18.0. The molecule has 0 unspecified atom stereocenters. The Hall–Kier alpha value is -9.38. The van der Waals surface area contributed by atoms with Crippen LogP contribution in [0.2, 0.25) is 0 Å². The lowest BCUT2D eigenvalue weighted by atomic mass is 10.1. The van der Waals surface area contributed by atoms with Gasteiger partial charge in [-0.15, -0.1) is 33.1 Å². The van der Waals surface area contributed by atoms with Crippen LogP contribution in [0.15, 0.2) is 203 Å². The second-order valence-corrected chi connectivity index (χ2v) is 26.6. The summed E-state index contributed by atoms with van der Waals surface area (Å²) in [4.78, 5) is 6.82. The lowest BCUT2D eigenvalue weighted by molar-refractivity contribution is 0.481. The van der Waals surface area contributed by atoms with Crippen molar-refractivity contribution in [1.29, 1.82) is 5.26 Å². The molecule has 34 heteroatoms. The van der Waals surface area contributed by atoms with E-state index in [9.17, 15) is 65.6 Å². The average molecular weight is 1300 g/mol. The summed E-state index contributed by atoms with van der Waals surface area (Å²) in [7, 11) is -26.7. The first-order valence-electron chi connectivity index (χ1n) is 23.8. The highest BCUT2D eigenvalue weighted by Gasteiger charge is 2.25. The van der Waals surface area contributed by atoms with E-state index >= 15 is 0 Å². The number of thiazole rings is 1. The minimum atomic E-state index is -5.04. The third-order valence-electron chi connectivity index (χ3n) is 12.3. The number of fused-ring (bicyclic) bond motifs is 3. The largest absolute Gasteiger partial charge is 0.425 e. The number of nitrogens with one attached hydrogen (secondary N) is 3. The highest BCUT2D eigenvalue weighted by Crippen LogP contribution is 2.44. The molecule has 0 aliphatic heterocycles. The molecular formula is C52H36N10O17S7. The molecule has 7 N–H and O–H groups in total. The van der Waals surface area contributed by atoms with E-state index in [2.05, 4.69) is 46.9 Å². The second-order valence-electron chi connectivity index (χ2n) is 17.9. The maximum Gasteiger partial charge on any atom is 0.425 e. The monoisotopic (exact) mass is 1300 g/mol. The smallest absolute Gasteiger partial charge is 0.339 e. The molecule has 0 saturated heterocycles. The quantitative estimate of drug-likeness (QED) is 0.0349. The topological polar surface area (TPSA) is 438 Å². The van der Waals surface area contributed by atoms with Crippen LogP contribution in [-0.4, -0.2) is 82.9 Å². The van der Waals surface area contributed by atoms with E-state index in [1.54, 1.807) is 25.1 Å². The van der Waals surface area contributed by atoms with Crippen molar-refractivity contribution in [3.05, 3.63) is 169 Å². The van der Waals surface area contributed by atoms with E-state index in [-0.39, 0.29) is 75.4 Å². The van der Waals surface area contributed by atoms with Gasteiger partial charge < -0.3 is 10.6 Å². The highest BCUT2D eigenvalue weighted by molar-refractivity contribution is 7.92. The van der Waals surface area contributed by atoms with Gasteiger partial charge in [-0.05, 0) is 126 Å². The Bertz CT molecular complexity index is 5260. The number of rotatable bonds is 16. The predicted octanol–water partition coefficient (Wildman–Crippen LogP) is 10.9. The first-order valence-corrected chi connectivity index (χ1v) is 32.8. The van der Waals surface area contributed by atoms with Gasteiger partial charge in [-0.3, -0.25) is 22.9 Å². The molecule has 10 rings (SSSR count). The van der Waals surface area contributed by atoms with Crippen molar-refractivity contribution in [1.82, 2.24) is 9.97 Å². The van der Waals surface area contributed by atoms with Gasteiger partial charge >= 0.3 is 10.6 Å². The fourth-order valence-corrected chi connectivity index (χ4v) is 12.6. The Morgan fingerprint density at radius 1 is 0.512 bits per heavy atom. The number of nitrogens with zero attached hydrogens (tertiary/aromatic N) is 7. The molecule has 0 saturated carbocycles. The molecule has 0 fully saturated rings. The van der Waals surface area contributed by atoms with Crippen molar-refractivity contribution < 1.29 is 72.9 Å². The molecule has 0 bridgehead atoms. The van der Waals surface area contributed by atoms with Crippen molar-refractivity contribution in [2.75, 3.05) is 15.4 Å². The van der Waals surface area contributed by atoms with Gasteiger partial charge in [-0.2, -0.15) is 38.9 Å². The summed E-state index contributed by atoms with van der Waals surface area (Å²) in [6, 6.07) is 39.2. The molecular weight excluding hydrogens is 1260 g/mol. The number of nitriles is 1. The van der Waals surface area contributed by atoms with Crippen molar-refractivity contribution in [3.8, 4) is 17.3 Å². The second kappa shape index (κ2) is 23.9. The summed E-state index contributed by atoms with van der Waals surface area (Å²) in [6.45, 7) is 1.57. The predicted molar refractivity (Wildman–Crippen MR) is 314 cm³/mol. The zero-order valence-electron chi connectivity index (χ0n) is 43.1. The number of hydrogen-bond acceptors (Lipinski definition) is 23. The maximum absolute atomic E-state index is 13.8. The van der Waals surface area contributed by atoms with Gasteiger partial charge in [-0.1, -0.05) is 72.0 Å². The molecule has 27 nitrogen and oxygen atoms in total. The van der Waals surface area contributed by atoms with E-state index in [0.29, 0.717) is 27.7 Å². The molecule has 0 amide bonds. The first kappa shape index (κ1) is 61.2. The van der Waals surface area contributed by atoms with Gasteiger partial charge in [-0.25, -0.2) is 18.4 Å². The Morgan fingerprint density at radius 3 is 1.67 bits per heavy atom. The van der Waals surface area contributed by atoms with Crippen LogP contribution in [0.25, 0.3) is 43.6 Å². The summed E-state index contributed by atoms with van der Waals surface area (Å²) >= 11 is 0.995. The van der Waals surface area contributed by atoms with Crippen LogP contribution in [0.3, 0.4) is 0 Å². The Morgan fingerprint density at radius 2 is 1.07 bits per heavy atom. The van der Waals surface area contributed by atoms with Gasteiger partial charge in [0.2, 0.25) is 5.13 Å². The van der Waals surface area contributed by atoms with E-state index in [4.69, 9.17) is 17.6 Å². The molecule has 0 spiro atoms. The van der Waals surface area contributed by atoms with Gasteiger partial charge in [0.1, 0.15) is 27.2 Å². The first-order chi connectivity index (χ1) is 40.4. The van der Waals surface area contributed by atoms with Crippen LogP contribution in [0.1, 0.15) is 11.1 Å². The van der Waals surface area contributed by atoms with Crippen molar-refractivity contribution in [2.45, 2.75) is 31.4 Å². The summed E-state index contributed by atoms with van der Waals surface area (Å²) < 4.78 is 190. The van der Waals surface area contributed by atoms with Crippen molar-refractivity contribution in [3.63, 3.8) is 0 Å². The fourth-order valence-electron chi connectivity index (χ4n) is 8.43. The van der Waals surface area contributed by atoms with Gasteiger partial charge in [0.25, 0.3) is 50.5 Å². The summed E-state index contributed by atoms with van der Waals surface area (Å²) in [6.07, 6.45) is 0. The van der Waals surface area contributed by atoms with Crippen LogP contribution in [0.5, 0.6) is 0 Å². The number of azo groups is 2. The SMILES string of the molecule is Cc1c(C#N)c(Nc2ccc(S(=O)(=O)O)cc2)nc(Nc2ccc(S(=O)(=O)O)cc2)c1N=Nc1nc(-c2ccc3ccccc3c2)c(N=Nc2ccc3cc(S(=O)(=O)Nc4cc(S(=O)(=O)O)c5cccc(S(=O)(=O)O)c5c4)ccc3c2)s1.O=S(=O)=O. The fraction of sp³-hybridized carbons (Fsp3) is 0.0192. The highest BCUT2D eigenvalue weighted by atomic mass is 32.2. The molecule has 0 aliphatic rings. The molecule has 0 aliphatic carbocycles. The number of pyridine rings is 1. The number of hydrogen-bond donors (Lipinski definition) is 7. The average Bonchev–Trinajstić information content (AvgIpc) is 2.95. The van der Waals surface area contributed by atoms with Crippen LogP contribution >= 0.6 is 11.3 Å². The molecule has 8 aromatic carbocycles. The number of benzene rings is 8. The molecule has 2 aromatic heterocycles. The molecule has 0 radical (unpaired) electrons. The van der Waals surface area contributed by atoms with Crippen LogP contribution in [0, 0.1) is 18.3 Å². The zero-order valence-corrected chi connectivity index (χ0v) is 48.8. The summed E-state index contributed by atoms with van der Waals surface area (Å²) in [5.74, 6) is -0.0175. The lowest BCUT2D eigenvalue weighted by Crippen LogP contribution is -2.14. The summed E-state index contributed by atoms with van der Waals surface area (Å²) in [5, 5.41) is 36.9.